The molecule has 194 valence electrons. The monoisotopic (exact) mass is 499 g/mol. The normalized spacial score (nSPS) is 18.1. The van der Waals surface area contributed by atoms with E-state index >= 15 is 0 Å². The number of benzene rings is 1. The number of hydrogen-bond acceptors (Lipinski definition) is 8. The molecular formula is C25H33N5O6. The van der Waals surface area contributed by atoms with E-state index in [4.69, 9.17) is 0 Å². The molecule has 2 bridgehead atoms. The van der Waals surface area contributed by atoms with E-state index in [0.717, 1.165) is 11.3 Å². The highest BCUT2D eigenvalue weighted by molar-refractivity contribution is 5.70. The van der Waals surface area contributed by atoms with Crippen molar-refractivity contribution in [3.8, 4) is 0 Å². The number of rotatable bonds is 9. The van der Waals surface area contributed by atoms with E-state index in [9.17, 15) is 29.7 Å². The van der Waals surface area contributed by atoms with E-state index in [2.05, 4.69) is 10.3 Å². The van der Waals surface area contributed by atoms with Crippen LogP contribution in [-0.4, -0.2) is 105 Å². The molecule has 0 saturated carbocycles. The van der Waals surface area contributed by atoms with Crippen LogP contribution in [0.5, 0.6) is 0 Å². The number of hydrogen-bond donors (Lipinski definition) is 4. The van der Waals surface area contributed by atoms with Crippen LogP contribution in [0, 0.1) is 0 Å². The second kappa shape index (κ2) is 13.0. The van der Waals surface area contributed by atoms with Gasteiger partial charge in [-0.2, -0.15) is 0 Å². The Balaban J connectivity index is 1.98. The predicted octanol–water partition coefficient (Wildman–Crippen LogP) is 0.908. The number of aliphatic carboxylic acids is 3. The third kappa shape index (κ3) is 8.59. The third-order valence-electron chi connectivity index (χ3n) is 6.10. The fraction of sp³-hybridized carbons (Fsp3) is 0.440. The number of nitrogens with one attached hydrogen (secondary N) is 1. The van der Waals surface area contributed by atoms with Gasteiger partial charge in [0.1, 0.15) is 0 Å². The summed E-state index contributed by atoms with van der Waals surface area (Å²) in [4.78, 5) is 44.9. The highest BCUT2D eigenvalue weighted by Crippen LogP contribution is 2.18. The average Bonchev–Trinajstić information content (AvgIpc) is 2.80. The van der Waals surface area contributed by atoms with E-state index in [1.165, 1.54) is 0 Å². The largest absolute Gasteiger partial charge is 0.480 e. The smallest absolute Gasteiger partial charge is 0.317 e. The van der Waals surface area contributed by atoms with Gasteiger partial charge < -0.3 is 20.6 Å². The van der Waals surface area contributed by atoms with Crippen molar-refractivity contribution in [2.75, 3.05) is 51.6 Å². The van der Waals surface area contributed by atoms with Gasteiger partial charge in [-0.3, -0.25) is 34.1 Å². The Morgan fingerprint density at radius 3 is 2.06 bits per heavy atom. The van der Waals surface area contributed by atoms with E-state index in [1.54, 1.807) is 9.80 Å². The highest BCUT2D eigenvalue weighted by atomic mass is 16.4. The summed E-state index contributed by atoms with van der Waals surface area (Å²) in [5.41, 5.74) is 3.29. The fourth-order valence-electron chi connectivity index (χ4n) is 4.43. The predicted molar refractivity (Wildman–Crippen MR) is 133 cm³/mol. The maximum Gasteiger partial charge on any atom is 0.317 e. The number of carboxylic acid groups (broad SMARTS) is 3. The average molecular weight is 500 g/mol. The third-order valence-corrected chi connectivity index (χ3v) is 6.10. The van der Waals surface area contributed by atoms with Crippen LogP contribution >= 0.6 is 0 Å². The molecule has 2 heterocycles. The molecule has 4 N–H and O–H groups in total. The van der Waals surface area contributed by atoms with Gasteiger partial charge in [0.15, 0.2) is 0 Å². The minimum atomic E-state index is -0.999. The molecule has 1 aliphatic heterocycles. The summed E-state index contributed by atoms with van der Waals surface area (Å²) in [5, 5.41) is 31.7. The van der Waals surface area contributed by atoms with Crippen molar-refractivity contribution >= 4 is 23.6 Å². The van der Waals surface area contributed by atoms with Gasteiger partial charge in [0.2, 0.25) is 0 Å². The lowest BCUT2D eigenvalue weighted by Gasteiger charge is -2.36. The van der Waals surface area contributed by atoms with Crippen LogP contribution in [0.2, 0.25) is 0 Å². The first-order valence-electron chi connectivity index (χ1n) is 11.8. The Hall–Kier alpha value is -3.54. The zero-order chi connectivity index (χ0) is 26.1. The molecule has 2 aromatic rings. The van der Waals surface area contributed by atoms with Gasteiger partial charge in [0.25, 0.3) is 0 Å². The van der Waals surface area contributed by atoms with Gasteiger partial charge in [-0.1, -0.05) is 18.2 Å². The summed E-state index contributed by atoms with van der Waals surface area (Å²) in [6.07, 6.45) is 0.506. The second-order valence-electron chi connectivity index (χ2n) is 8.96. The Morgan fingerprint density at radius 1 is 0.861 bits per heavy atom. The lowest BCUT2D eigenvalue weighted by Crippen LogP contribution is -2.50. The molecule has 11 nitrogen and oxygen atoms in total. The highest BCUT2D eigenvalue weighted by Gasteiger charge is 2.27. The molecule has 1 aliphatic rings. The second-order valence-corrected chi connectivity index (χ2v) is 8.96. The van der Waals surface area contributed by atoms with Gasteiger partial charge in [0, 0.05) is 51.5 Å². The molecule has 0 aliphatic carbocycles. The Kier molecular flexibility index (Phi) is 9.74. The molecule has 0 fully saturated rings. The van der Waals surface area contributed by atoms with Crippen molar-refractivity contribution in [3.05, 3.63) is 59.4 Å². The SMILES string of the molecule is CNc1ccc(CC2CN(CC(=O)O)CCN(CC(=O)O)Cc3cccc(n3)CN2CC(=O)O)cc1. The van der Waals surface area contributed by atoms with E-state index in [-0.39, 0.29) is 32.2 Å². The van der Waals surface area contributed by atoms with Crippen LogP contribution in [0.3, 0.4) is 0 Å². The molecule has 0 amide bonds. The molecule has 3 rings (SSSR count). The molecule has 0 radical (unpaired) electrons. The Labute approximate surface area is 210 Å². The maximum atomic E-state index is 11.8. The summed E-state index contributed by atoms with van der Waals surface area (Å²) in [6.45, 7) is 0.842. The summed E-state index contributed by atoms with van der Waals surface area (Å²) in [5.74, 6) is -2.95. The molecule has 1 aromatic heterocycles. The Morgan fingerprint density at radius 2 is 1.44 bits per heavy atom. The molecule has 11 heteroatoms. The zero-order valence-electron chi connectivity index (χ0n) is 20.3. The molecular weight excluding hydrogens is 466 g/mol. The maximum absolute atomic E-state index is 11.8. The van der Waals surface area contributed by atoms with Crippen LogP contribution in [-0.2, 0) is 33.9 Å². The number of nitrogens with zero attached hydrogens (tertiary/aromatic N) is 4. The standard InChI is InChI=1S/C25H33N5O6/c1-26-19-7-5-18(6-8-19)11-22-14-29(16-24(33)34)10-9-28(15-23(31)32)12-20-3-2-4-21(27-20)13-30(22)17-25(35)36/h2-8,22,26H,9-17H2,1H3,(H,31,32)(H,33,34)(H,35,36). The lowest BCUT2D eigenvalue weighted by molar-refractivity contribution is -0.141. The number of carbonyl (C=O) groups is 3. The lowest BCUT2D eigenvalue weighted by atomic mass is 10.0. The van der Waals surface area contributed by atoms with Gasteiger partial charge in [-0.15, -0.1) is 0 Å². The van der Waals surface area contributed by atoms with Crippen molar-refractivity contribution < 1.29 is 29.7 Å². The summed E-state index contributed by atoms with van der Waals surface area (Å²) in [6, 6.07) is 13.0. The first kappa shape index (κ1) is 27.1. The summed E-state index contributed by atoms with van der Waals surface area (Å²) in [7, 11) is 1.83. The Bertz CT molecular complexity index is 1050. The topological polar surface area (TPSA) is 147 Å². The van der Waals surface area contributed by atoms with Crippen LogP contribution < -0.4 is 5.32 Å². The first-order valence-corrected chi connectivity index (χ1v) is 11.8. The van der Waals surface area contributed by atoms with Crippen LogP contribution in [0.4, 0.5) is 5.69 Å². The molecule has 36 heavy (non-hydrogen) atoms. The fourth-order valence-corrected chi connectivity index (χ4v) is 4.43. The number of aromatic nitrogens is 1. The first-order chi connectivity index (χ1) is 17.2. The minimum Gasteiger partial charge on any atom is -0.480 e. The number of carboxylic acids is 3. The van der Waals surface area contributed by atoms with Crippen molar-refractivity contribution in [2.45, 2.75) is 25.6 Å². The van der Waals surface area contributed by atoms with Gasteiger partial charge in [0.05, 0.1) is 31.0 Å². The molecule has 0 spiro atoms. The van der Waals surface area contributed by atoms with Crippen molar-refractivity contribution in [1.29, 1.82) is 0 Å². The van der Waals surface area contributed by atoms with E-state index in [0.29, 0.717) is 44.0 Å². The quantitative estimate of drug-likeness (QED) is 0.390. The summed E-state index contributed by atoms with van der Waals surface area (Å²) >= 11 is 0. The van der Waals surface area contributed by atoms with Gasteiger partial charge in [-0.25, -0.2) is 0 Å². The van der Waals surface area contributed by atoms with Crippen LogP contribution in [0.25, 0.3) is 0 Å². The summed E-state index contributed by atoms with van der Waals surface area (Å²) < 4.78 is 0. The van der Waals surface area contributed by atoms with Crippen LogP contribution in [0.1, 0.15) is 17.0 Å². The van der Waals surface area contributed by atoms with Gasteiger partial charge >= 0.3 is 17.9 Å². The zero-order valence-corrected chi connectivity index (χ0v) is 20.3. The van der Waals surface area contributed by atoms with E-state index in [1.807, 2.05) is 54.4 Å². The number of pyridine rings is 1. The molecule has 1 aromatic carbocycles. The van der Waals surface area contributed by atoms with Crippen molar-refractivity contribution in [3.63, 3.8) is 0 Å². The number of fused-ring (bicyclic) bond motifs is 2. The van der Waals surface area contributed by atoms with Gasteiger partial charge in [-0.05, 0) is 36.2 Å². The number of anilines is 1. The molecule has 1 atom stereocenters. The van der Waals surface area contributed by atoms with Crippen molar-refractivity contribution in [1.82, 2.24) is 19.7 Å². The van der Waals surface area contributed by atoms with E-state index < -0.39 is 17.9 Å². The van der Waals surface area contributed by atoms with Crippen molar-refractivity contribution in [2.24, 2.45) is 0 Å². The van der Waals surface area contributed by atoms with Crippen LogP contribution in [0.15, 0.2) is 42.5 Å². The molecule has 0 saturated heterocycles. The minimum absolute atomic E-state index is 0.195. The molecule has 1 unspecified atom stereocenters.